The number of fused-ring (bicyclic) bond motifs is 1. The van der Waals surface area contributed by atoms with Crippen molar-refractivity contribution in [2.75, 3.05) is 11.5 Å². The maximum Gasteiger partial charge on any atom is 0.265 e. The normalized spacial score (nSPS) is 16.7. The van der Waals surface area contributed by atoms with Gasteiger partial charge in [0.25, 0.3) is 5.91 Å². The summed E-state index contributed by atoms with van der Waals surface area (Å²) in [4.78, 5) is 14.3. The van der Waals surface area contributed by atoms with Crippen LogP contribution in [0.5, 0.6) is 5.75 Å². The summed E-state index contributed by atoms with van der Waals surface area (Å²) in [6.07, 6.45) is 0.900. The van der Waals surface area contributed by atoms with Crippen molar-refractivity contribution >= 4 is 27.5 Å². The molecule has 0 fully saturated rings. The van der Waals surface area contributed by atoms with Crippen molar-refractivity contribution in [3.8, 4) is 5.75 Å². The summed E-state index contributed by atoms with van der Waals surface area (Å²) in [5, 5.41) is 0. The van der Waals surface area contributed by atoms with Crippen LogP contribution in [0.3, 0.4) is 0 Å². The highest BCUT2D eigenvalue weighted by molar-refractivity contribution is 9.10. The van der Waals surface area contributed by atoms with Gasteiger partial charge in [0.2, 0.25) is 0 Å². The Kier molecular flexibility index (Phi) is 3.97. The largest absolute Gasteiger partial charge is 0.483 e. The van der Waals surface area contributed by atoms with E-state index < -0.39 is 0 Å². The fourth-order valence-electron chi connectivity index (χ4n) is 2.72. The molecule has 0 saturated carbocycles. The maximum absolute atomic E-state index is 12.5. The molecule has 3 nitrogen and oxygen atoms in total. The number of amides is 1. The quantitative estimate of drug-likeness (QED) is 0.846. The van der Waals surface area contributed by atoms with Gasteiger partial charge in [-0.3, -0.25) is 4.79 Å². The number of anilines is 1. The topological polar surface area (TPSA) is 29.5 Å². The zero-order chi connectivity index (χ0) is 14.8. The Labute approximate surface area is 132 Å². The zero-order valence-electron chi connectivity index (χ0n) is 11.8. The molecule has 0 spiro atoms. The lowest BCUT2D eigenvalue weighted by Gasteiger charge is -2.22. The highest BCUT2D eigenvalue weighted by Gasteiger charge is 2.30. The molecule has 21 heavy (non-hydrogen) atoms. The lowest BCUT2D eigenvalue weighted by Crippen LogP contribution is -2.39. The summed E-state index contributed by atoms with van der Waals surface area (Å²) >= 11 is 3.42. The highest BCUT2D eigenvalue weighted by Crippen LogP contribution is 2.32. The molecule has 1 aliphatic rings. The van der Waals surface area contributed by atoms with Crippen LogP contribution in [0.2, 0.25) is 0 Å². The second kappa shape index (κ2) is 5.90. The Balaban J connectivity index is 1.73. The van der Waals surface area contributed by atoms with E-state index >= 15 is 0 Å². The van der Waals surface area contributed by atoms with E-state index in [0.29, 0.717) is 5.75 Å². The molecule has 2 aromatic rings. The summed E-state index contributed by atoms with van der Waals surface area (Å²) in [6.45, 7) is 2.11. The molecular weight excluding hydrogens is 330 g/mol. The third-order valence-electron chi connectivity index (χ3n) is 3.66. The first-order valence-corrected chi connectivity index (χ1v) is 7.73. The fourth-order valence-corrected chi connectivity index (χ4v) is 3.12. The predicted molar refractivity (Wildman–Crippen MR) is 86.7 cm³/mol. The molecule has 0 unspecified atom stereocenters. The molecule has 1 amide bonds. The first-order chi connectivity index (χ1) is 10.2. The number of nitrogens with zero attached hydrogens (tertiary/aromatic N) is 1. The smallest absolute Gasteiger partial charge is 0.265 e. The second-order valence-corrected chi connectivity index (χ2v) is 6.02. The minimum absolute atomic E-state index is 0.0109. The predicted octanol–water partition coefficient (Wildman–Crippen LogP) is 3.81. The van der Waals surface area contributed by atoms with Crippen molar-refractivity contribution in [2.24, 2.45) is 0 Å². The standard InChI is InChI=1S/C17H16BrNO2/c1-12-10-13-6-2-4-8-15(13)19(12)17(20)11-21-16-9-5-3-7-14(16)18/h2-9,12H,10-11H2,1H3/t12-/m1/s1. The minimum Gasteiger partial charge on any atom is -0.483 e. The van der Waals surface area contributed by atoms with Gasteiger partial charge in [0.05, 0.1) is 4.47 Å². The van der Waals surface area contributed by atoms with Crippen molar-refractivity contribution in [1.82, 2.24) is 0 Å². The SMILES string of the molecule is C[C@@H]1Cc2ccccc2N1C(=O)COc1ccccc1Br. The lowest BCUT2D eigenvalue weighted by atomic mass is 10.1. The number of benzene rings is 2. The molecule has 108 valence electrons. The van der Waals surface area contributed by atoms with E-state index in [-0.39, 0.29) is 18.6 Å². The lowest BCUT2D eigenvalue weighted by molar-refractivity contribution is -0.120. The monoisotopic (exact) mass is 345 g/mol. The third kappa shape index (κ3) is 2.81. The van der Waals surface area contributed by atoms with E-state index in [0.717, 1.165) is 16.6 Å². The Morgan fingerprint density at radius 2 is 1.95 bits per heavy atom. The van der Waals surface area contributed by atoms with Crippen LogP contribution in [0.15, 0.2) is 53.0 Å². The van der Waals surface area contributed by atoms with Gasteiger partial charge in [-0.2, -0.15) is 0 Å². The number of halogens is 1. The van der Waals surface area contributed by atoms with Crippen LogP contribution >= 0.6 is 15.9 Å². The number of carbonyl (C=O) groups is 1. The zero-order valence-corrected chi connectivity index (χ0v) is 13.3. The van der Waals surface area contributed by atoms with E-state index in [1.165, 1.54) is 5.56 Å². The highest BCUT2D eigenvalue weighted by atomic mass is 79.9. The molecule has 0 radical (unpaired) electrons. The molecule has 2 aromatic carbocycles. The number of hydrogen-bond donors (Lipinski definition) is 0. The van der Waals surface area contributed by atoms with Gasteiger partial charge in [-0.25, -0.2) is 0 Å². The molecule has 4 heteroatoms. The van der Waals surface area contributed by atoms with E-state index in [1.807, 2.05) is 47.4 Å². The van der Waals surface area contributed by atoms with Gasteiger partial charge in [0, 0.05) is 11.7 Å². The number of ether oxygens (including phenoxy) is 1. The summed E-state index contributed by atoms with van der Waals surface area (Å²) < 4.78 is 6.49. The Hall–Kier alpha value is -1.81. The summed E-state index contributed by atoms with van der Waals surface area (Å²) in [5.41, 5.74) is 2.23. The van der Waals surface area contributed by atoms with Crippen LogP contribution in [0.25, 0.3) is 0 Å². The average molecular weight is 346 g/mol. The van der Waals surface area contributed by atoms with E-state index in [4.69, 9.17) is 4.74 Å². The molecule has 0 aromatic heterocycles. The molecule has 0 saturated heterocycles. The van der Waals surface area contributed by atoms with E-state index in [9.17, 15) is 4.79 Å². The molecule has 0 aliphatic carbocycles. The maximum atomic E-state index is 12.5. The molecule has 3 rings (SSSR count). The van der Waals surface area contributed by atoms with Crippen LogP contribution < -0.4 is 9.64 Å². The number of para-hydroxylation sites is 2. The molecule has 1 atom stereocenters. The molecule has 0 N–H and O–H groups in total. The van der Waals surface area contributed by atoms with Gasteiger partial charge < -0.3 is 9.64 Å². The van der Waals surface area contributed by atoms with Crippen LogP contribution in [0.4, 0.5) is 5.69 Å². The fraction of sp³-hybridized carbons (Fsp3) is 0.235. The van der Waals surface area contributed by atoms with E-state index in [1.54, 1.807) is 0 Å². The van der Waals surface area contributed by atoms with Gasteiger partial charge in [-0.05, 0) is 53.0 Å². The molecular formula is C17H16BrNO2. The average Bonchev–Trinajstić information content (AvgIpc) is 2.82. The Bertz CT molecular complexity index is 671. The summed E-state index contributed by atoms with van der Waals surface area (Å²) in [6, 6.07) is 15.8. The minimum atomic E-state index is -0.0109. The Morgan fingerprint density at radius 3 is 2.76 bits per heavy atom. The summed E-state index contributed by atoms with van der Waals surface area (Å²) in [7, 11) is 0. The van der Waals surface area contributed by atoms with Gasteiger partial charge in [0.15, 0.2) is 6.61 Å². The van der Waals surface area contributed by atoms with Crippen molar-refractivity contribution in [3.05, 3.63) is 58.6 Å². The van der Waals surface area contributed by atoms with Crippen molar-refractivity contribution in [2.45, 2.75) is 19.4 Å². The van der Waals surface area contributed by atoms with Crippen LogP contribution in [-0.2, 0) is 11.2 Å². The van der Waals surface area contributed by atoms with Gasteiger partial charge in [0.1, 0.15) is 5.75 Å². The molecule has 1 aliphatic heterocycles. The van der Waals surface area contributed by atoms with Gasteiger partial charge in [-0.15, -0.1) is 0 Å². The second-order valence-electron chi connectivity index (χ2n) is 5.16. The molecule has 0 bridgehead atoms. The van der Waals surface area contributed by atoms with Crippen LogP contribution in [0.1, 0.15) is 12.5 Å². The van der Waals surface area contributed by atoms with Crippen LogP contribution in [-0.4, -0.2) is 18.6 Å². The summed E-state index contributed by atoms with van der Waals surface area (Å²) in [5.74, 6) is 0.675. The first-order valence-electron chi connectivity index (χ1n) is 6.94. The number of carbonyl (C=O) groups excluding carboxylic acids is 1. The van der Waals surface area contributed by atoms with Crippen molar-refractivity contribution in [1.29, 1.82) is 0 Å². The Morgan fingerprint density at radius 1 is 1.24 bits per heavy atom. The van der Waals surface area contributed by atoms with E-state index in [2.05, 4.69) is 28.9 Å². The van der Waals surface area contributed by atoms with Gasteiger partial charge >= 0.3 is 0 Å². The third-order valence-corrected chi connectivity index (χ3v) is 4.32. The number of rotatable bonds is 3. The number of hydrogen-bond acceptors (Lipinski definition) is 2. The van der Waals surface area contributed by atoms with Crippen LogP contribution in [0, 0.1) is 0 Å². The van der Waals surface area contributed by atoms with Crippen molar-refractivity contribution < 1.29 is 9.53 Å². The first kappa shape index (κ1) is 14.1. The van der Waals surface area contributed by atoms with Crippen molar-refractivity contribution in [3.63, 3.8) is 0 Å². The van der Waals surface area contributed by atoms with Gasteiger partial charge in [-0.1, -0.05) is 30.3 Å². The molecule has 1 heterocycles.